The number of amides is 1. The van der Waals surface area contributed by atoms with Crippen LogP contribution in [-0.4, -0.2) is 19.0 Å². The topological polar surface area (TPSA) is 55.4 Å². The molecule has 0 aliphatic rings. The third-order valence-corrected chi connectivity index (χ3v) is 4.02. The molecule has 23 heavy (non-hydrogen) atoms. The van der Waals surface area contributed by atoms with E-state index in [2.05, 4.69) is 12.2 Å². The Morgan fingerprint density at radius 3 is 2.39 bits per heavy atom. The van der Waals surface area contributed by atoms with E-state index in [0.29, 0.717) is 18.8 Å². The molecule has 1 rings (SSSR count). The average Bonchev–Trinajstić information content (AvgIpc) is 2.57. The first-order chi connectivity index (χ1) is 11.2. The molecule has 0 aromatic heterocycles. The highest BCUT2D eigenvalue weighted by molar-refractivity contribution is 5.90. The van der Waals surface area contributed by atoms with Crippen molar-refractivity contribution in [2.24, 2.45) is 5.92 Å². The zero-order chi connectivity index (χ0) is 16.9. The van der Waals surface area contributed by atoms with Crippen molar-refractivity contribution < 1.29 is 14.3 Å². The number of methoxy groups -OCH3 is 1. The normalized spacial score (nSPS) is 11.7. The fourth-order valence-corrected chi connectivity index (χ4v) is 2.65. The molecule has 0 aliphatic carbocycles. The lowest BCUT2D eigenvalue weighted by Crippen LogP contribution is -2.12. The van der Waals surface area contributed by atoms with Crippen molar-refractivity contribution in [3.8, 4) is 0 Å². The summed E-state index contributed by atoms with van der Waals surface area (Å²) in [6, 6.07) is 9.51. The summed E-state index contributed by atoms with van der Waals surface area (Å²) < 4.78 is 4.71. The molecule has 1 N–H and O–H groups in total. The molecule has 0 fully saturated rings. The van der Waals surface area contributed by atoms with Crippen molar-refractivity contribution in [2.75, 3.05) is 12.4 Å². The van der Waals surface area contributed by atoms with E-state index in [0.717, 1.165) is 37.8 Å². The van der Waals surface area contributed by atoms with Crippen LogP contribution in [0.3, 0.4) is 0 Å². The molecule has 0 saturated carbocycles. The molecule has 1 atom stereocenters. The molecule has 0 aliphatic heterocycles. The molecule has 0 saturated heterocycles. The van der Waals surface area contributed by atoms with E-state index in [1.54, 1.807) is 0 Å². The maximum atomic E-state index is 11.9. The zero-order valence-corrected chi connectivity index (χ0v) is 14.3. The van der Waals surface area contributed by atoms with Crippen LogP contribution in [0.4, 0.5) is 5.69 Å². The number of anilines is 1. The fraction of sp³-hybridized carbons (Fsp3) is 0.579. The van der Waals surface area contributed by atoms with Crippen molar-refractivity contribution in [3.05, 3.63) is 30.3 Å². The summed E-state index contributed by atoms with van der Waals surface area (Å²) in [7, 11) is 1.43. The lowest BCUT2D eigenvalue weighted by Gasteiger charge is -2.16. The Balaban J connectivity index is 2.29. The molecular weight excluding hydrogens is 290 g/mol. The van der Waals surface area contributed by atoms with Gasteiger partial charge in [-0.3, -0.25) is 9.59 Å². The van der Waals surface area contributed by atoms with Crippen LogP contribution in [0.1, 0.15) is 58.3 Å². The molecule has 0 bridgehead atoms. The highest BCUT2D eigenvalue weighted by Gasteiger charge is 2.12. The predicted molar refractivity (Wildman–Crippen MR) is 93.2 cm³/mol. The molecule has 1 aromatic rings. The number of carbonyl (C=O) groups excluding carboxylic acids is 2. The summed E-state index contributed by atoms with van der Waals surface area (Å²) in [5.41, 5.74) is 0.839. The summed E-state index contributed by atoms with van der Waals surface area (Å²) in [6.45, 7) is 2.17. The largest absolute Gasteiger partial charge is 0.469 e. The molecule has 1 unspecified atom stereocenters. The maximum Gasteiger partial charge on any atom is 0.305 e. The summed E-state index contributed by atoms with van der Waals surface area (Å²) in [5, 5.41) is 2.91. The summed E-state index contributed by atoms with van der Waals surface area (Å²) >= 11 is 0. The predicted octanol–water partition coefficient (Wildman–Crippen LogP) is 4.56. The number of rotatable bonds is 11. The minimum atomic E-state index is -0.145. The summed E-state index contributed by atoms with van der Waals surface area (Å²) in [4.78, 5) is 23.2. The first-order valence-corrected chi connectivity index (χ1v) is 8.57. The number of para-hydroxylation sites is 1. The second-order valence-electron chi connectivity index (χ2n) is 5.93. The number of ether oxygens (including phenoxy) is 1. The summed E-state index contributed by atoms with van der Waals surface area (Å²) in [6.07, 6.45) is 7.14. The van der Waals surface area contributed by atoms with Crippen molar-refractivity contribution in [1.82, 2.24) is 0 Å². The van der Waals surface area contributed by atoms with Crippen molar-refractivity contribution in [3.63, 3.8) is 0 Å². The Kier molecular flexibility index (Phi) is 9.76. The molecule has 0 heterocycles. The first-order valence-electron chi connectivity index (χ1n) is 8.57. The molecule has 4 nitrogen and oxygen atoms in total. The third-order valence-electron chi connectivity index (χ3n) is 4.02. The van der Waals surface area contributed by atoms with Gasteiger partial charge in [-0.25, -0.2) is 0 Å². The zero-order valence-electron chi connectivity index (χ0n) is 14.3. The number of nitrogens with one attached hydrogen (secondary N) is 1. The number of benzene rings is 1. The molecule has 1 amide bonds. The van der Waals surface area contributed by atoms with E-state index < -0.39 is 0 Å². The van der Waals surface area contributed by atoms with Gasteiger partial charge in [-0.1, -0.05) is 44.4 Å². The van der Waals surface area contributed by atoms with Crippen molar-refractivity contribution >= 4 is 17.6 Å². The van der Waals surface area contributed by atoms with Crippen LogP contribution in [0.15, 0.2) is 30.3 Å². The van der Waals surface area contributed by atoms with Gasteiger partial charge in [0.2, 0.25) is 5.91 Å². The van der Waals surface area contributed by atoms with Crippen LogP contribution in [0.5, 0.6) is 0 Å². The van der Waals surface area contributed by atoms with E-state index >= 15 is 0 Å². The van der Waals surface area contributed by atoms with Crippen molar-refractivity contribution in [1.29, 1.82) is 0 Å². The van der Waals surface area contributed by atoms with Crippen LogP contribution in [0.25, 0.3) is 0 Å². The fourth-order valence-electron chi connectivity index (χ4n) is 2.65. The van der Waals surface area contributed by atoms with Crippen molar-refractivity contribution in [2.45, 2.75) is 58.3 Å². The van der Waals surface area contributed by atoms with E-state index in [9.17, 15) is 9.59 Å². The number of hydrogen-bond acceptors (Lipinski definition) is 3. The number of carbonyl (C=O) groups is 2. The van der Waals surface area contributed by atoms with Gasteiger partial charge in [0.25, 0.3) is 0 Å². The molecule has 0 radical (unpaired) electrons. The molecular formula is C19H29NO3. The number of unbranched alkanes of at least 4 members (excludes halogenated alkanes) is 1. The van der Waals surface area contributed by atoms with Crippen LogP contribution in [-0.2, 0) is 14.3 Å². The number of esters is 1. The van der Waals surface area contributed by atoms with Crippen LogP contribution in [0.2, 0.25) is 0 Å². The Morgan fingerprint density at radius 2 is 1.74 bits per heavy atom. The quantitative estimate of drug-likeness (QED) is 0.609. The minimum absolute atomic E-state index is 0.0541. The summed E-state index contributed by atoms with van der Waals surface area (Å²) in [5.74, 6) is 0.408. The Bertz CT molecular complexity index is 459. The van der Waals surface area contributed by atoms with E-state index in [1.807, 2.05) is 30.3 Å². The van der Waals surface area contributed by atoms with Gasteiger partial charge in [0, 0.05) is 18.5 Å². The molecule has 0 spiro atoms. The smallest absolute Gasteiger partial charge is 0.305 e. The van der Waals surface area contributed by atoms with Gasteiger partial charge in [0.05, 0.1) is 7.11 Å². The standard InChI is InChI=1S/C19H29NO3/c1-3-4-9-16(14-15-19(22)23-2)10-8-13-18(21)20-17-11-6-5-7-12-17/h5-7,11-12,16H,3-4,8-10,13-15H2,1-2H3,(H,20,21). The van der Waals surface area contributed by atoms with Crippen LogP contribution >= 0.6 is 0 Å². The minimum Gasteiger partial charge on any atom is -0.469 e. The third kappa shape index (κ3) is 9.01. The maximum absolute atomic E-state index is 11.9. The van der Waals surface area contributed by atoms with Crippen LogP contribution in [0, 0.1) is 5.92 Å². The SMILES string of the molecule is CCCCC(CCCC(=O)Nc1ccccc1)CCC(=O)OC. The lowest BCUT2D eigenvalue weighted by molar-refractivity contribution is -0.141. The molecule has 128 valence electrons. The van der Waals surface area contributed by atoms with Gasteiger partial charge < -0.3 is 10.1 Å². The lowest BCUT2D eigenvalue weighted by atomic mass is 9.91. The van der Waals surface area contributed by atoms with Gasteiger partial charge in [-0.05, 0) is 37.3 Å². The number of hydrogen-bond donors (Lipinski definition) is 1. The van der Waals surface area contributed by atoms with E-state index in [-0.39, 0.29) is 11.9 Å². The Hall–Kier alpha value is -1.84. The average molecular weight is 319 g/mol. The first kappa shape index (κ1) is 19.2. The highest BCUT2D eigenvalue weighted by atomic mass is 16.5. The Labute approximate surface area is 139 Å². The van der Waals surface area contributed by atoms with E-state index in [4.69, 9.17) is 4.74 Å². The molecule has 4 heteroatoms. The van der Waals surface area contributed by atoms with Gasteiger partial charge in [-0.15, -0.1) is 0 Å². The van der Waals surface area contributed by atoms with Gasteiger partial charge in [0.1, 0.15) is 0 Å². The molecule has 1 aromatic carbocycles. The second kappa shape index (κ2) is 11.7. The second-order valence-corrected chi connectivity index (χ2v) is 5.93. The van der Waals surface area contributed by atoms with E-state index in [1.165, 1.54) is 13.5 Å². The van der Waals surface area contributed by atoms with Gasteiger partial charge in [-0.2, -0.15) is 0 Å². The van der Waals surface area contributed by atoms with Gasteiger partial charge in [0.15, 0.2) is 0 Å². The van der Waals surface area contributed by atoms with Gasteiger partial charge >= 0.3 is 5.97 Å². The Morgan fingerprint density at radius 1 is 1.04 bits per heavy atom. The highest BCUT2D eigenvalue weighted by Crippen LogP contribution is 2.22. The van der Waals surface area contributed by atoms with Crippen LogP contribution < -0.4 is 5.32 Å². The monoisotopic (exact) mass is 319 g/mol.